The van der Waals surface area contributed by atoms with Crippen molar-refractivity contribution in [2.24, 2.45) is 7.05 Å². The summed E-state index contributed by atoms with van der Waals surface area (Å²) in [4.78, 5) is 18.3. The fourth-order valence-corrected chi connectivity index (χ4v) is 4.42. The Morgan fingerprint density at radius 2 is 1.71 bits per heavy atom. The summed E-state index contributed by atoms with van der Waals surface area (Å²) < 4.78 is 4.89. The number of aryl methyl sites for hydroxylation is 1. The average Bonchev–Trinajstić information content (AvgIpc) is 3.11. The molecular formula is C26H20IN3O. The molecule has 0 fully saturated rings. The largest absolute Gasteiger partial charge is 0.350 e. The Balaban J connectivity index is 1.67. The van der Waals surface area contributed by atoms with E-state index in [9.17, 15) is 4.79 Å². The van der Waals surface area contributed by atoms with Crippen molar-refractivity contribution in [1.82, 2.24) is 14.1 Å². The molecule has 0 saturated carbocycles. The summed E-state index contributed by atoms with van der Waals surface area (Å²) in [5, 5.41) is 1.82. The van der Waals surface area contributed by atoms with Crippen LogP contribution in [-0.2, 0) is 13.6 Å². The summed E-state index contributed by atoms with van der Waals surface area (Å²) in [6.07, 6.45) is 6.10. The Hall–Kier alpha value is -3.19. The number of hydrogen-bond donors (Lipinski definition) is 0. The van der Waals surface area contributed by atoms with Crippen LogP contribution in [0.3, 0.4) is 0 Å². The summed E-state index contributed by atoms with van der Waals surface area (Å²) in [5.74, 6) is 0.649. The van der Waals surface area contributed by atoms with Crippen LogP contribution in [0.4, 0.5) is 0 Å². The van der Waals surface area contributed by atoms with Crippen molar-refractivity contribution < 1.29 is 0 Å². The first-order chi connectivity index (χ1) is 15.1. The third-order valence-electron chi connectivity index (χ3n) is 5.47. The molecule has 5 aromatic rings. The van der Waals surface area contributed by atoms with Gasteiger partial charge in [-0.05, 0) is 64.6 Å². The minimum absolute atomic E-state index is 0.0232. The minimum Gasteiger partial charge on any atom is -0.350 e. The zero-order valence-electron chi connectivity index (χ0n) is 17.0. The highest BCUT2D eigenvalue weighted by Gasteiger charge is 2.11. The SMILES string of the molecule is Cn1cc(C=Cc2nc3ccc(I)cc3c(=O)n2Cc2ccccc2)c2ccccc21. The maximum absolute atomic E-state index is 13.4. The van der Waals surface area contributed by atoms with E-state index in [0.29, 0.717) is 23.3 Å². The van der Waals surface area contributed by atoms with E-state index in [1.165, 1.54) is 10.9 Å². The number of hydrogen-bond acceptors (Lipinski definition) is 2. The molecule has 3 aromatic carbocycles. The number of para-hydroxylation sites is 1. The third-order valence-corrected chi connectivity index (χ3v) is 6.14. The van der Waals surface area contributed by atoms with Crippen LogP contribution < -0.4 is 5.56 Å². The normalized spacial score (nSPS) is 11.7. The van der Waals surface area contributed by atoms with Crippen LogP contribution in [0.15, 0.2) is 83.8 Å². The molecule has 0 spiro atoms. The zero-order chi connectivity index (χ0) is 21.4. The van der Waals surface area contributed by atoms with Crippen molar-refractivity contribution in [2.75, 3.05) is 0 Å². The zero-order valence-corrected chi connectivity index (χ0v) is 19.2. The third kappa shape index (κ3) is 3.81. The van der Waals surface area contributed by atoms with Crippen LogP contribution in [0, 0.1) is 3.57 Å². The predicted molar refractivity (Wildman–Crippen MR) is 136 cm³/mol. The lowest BCUT2D eigenvalue weighted by Crippen LogP contribution is -2.24. The van der Waals surface area contributed by atoms with Crippen molar-refractivity contribution in [3.63, 3.8) is 0 Å². The monoisotopic (exact) mass is 517 g/mol. The molecule has 0 atom stereocenters. The highest BCUT2D eigenvalue weighted by Crippen LogP contribution is 2.22. The van der Waals surface area contributed by atoms with Gasteiger partial charge < -0.3 is 4.57 Å². The first-order valence-electron chi connectivity index (χ1n) is 10.1. The molecule has 0 bridgehead atoms. The van der Waals surface area contributed by atoms with Crippen LogP contribution in [0.5, 0.6) is 0 Å². The molecule has 0 aliphatic heterocycles. The molecule has 5 rings (SSSR count). The Bertz CT molecular complexity index is 1500. The molecular weight excluding hydrogens is 497 g/mol. The van der Waals surface area contributed by atoms with Gasteiger partial charge in [-0.3, -0.25) is 9.36 Å². The van der Waals surface area contributed by atoms with Crippen molar-refractivity contribution in [2.45, 2.75) is 6.54 Å². The van der Waals surface area contributed by atoms with Gasteiger partial charge in [-0.2, -0.15) is 0 Å². The van der Waals surface area contributed by atoms with E-state index in [2.05, 4.69) is 45.5 Å². The van der Waals surface area contributed by atoms with Gasteiger partial charge in [-0.25, -0.2) is 4.98 Å². The minimum atomic E-state index is -0.0232. The summed E-state index contributed by atoms with van der Waals surface area (Å²) >= 11 is 2.23. The molecule has 0 unspecified atom stereocenters. The molecule has 4 nitrogen and oxygen atoms in total. The fourth-order valence-electron chi connectivity index (χ4n) is 3.93. The summed E-state index contributed by atoms with van der Waals surface area (Å²) in [6.45, 7) is 0.475. The van der Waals surface area contributed by atoms with Crippen molar-refractivity contribution in [3.8, 4) is 0 Å². The number of halogens is 1. The van der Waals surface area contributed by atoms with Gasteiger partial charge in [0.1, 0.15) is 5.82 Å². The molecule has 31 heavy (non-hydrogen) atoms. The Morgan fingerprint density at radius 1 is 0.935 bits per heavy atom. The number of benzene rings is 3. The first kappa shape index (κ1) is 19.8. The van der Waals surface area contributed by atoms with Gasteiger partial charge in [0, 0.05) is 33.3 Å². The number of nitrogens with zero attached hydrogens (tertiary/aromatic N) is 3. The molecule has 0 amide bonds. The molecule has 5 heteroatoms. The Kier molecular flexibility index (Phi) is 5.19. The molecule has 0 radical (unpaired) electrons. The van der Waals surface area contributed by atoms with Gasteiger partial charge in [0.05, 0.1) is 17.4 Å². The van der Waals surface area contributed by atoms with Gasteiger partial charge >= 0.3 is 0 Å². The van der Waals surface area contributed by atoms with E-state index in [4.69, 9.17) is 4.98 Å². The van der Waals surface area contributed by atoms with Gasteiger partial charge in [-0.15, -0.1) is 0 Å². The summed E-state index contributed by atoms with van der Waals surface area (Å²) in [6, 6.07) is 24.1. The van der Waals surface area contributed by atoms with Crippen molar-refractivity contribution >= 4 is 56.5 Å². The van der Waals surface area contributed by atoms with Gasteiger partial charge in [0.2, 0.25) is 0 Å². The Morgan fingerprint density at radius 3 is 2.55 bits per heavy atom. The van der Waals surface area contributed by atoms with E-state index >= 15 is 0 Å². The molecule has 0 N–H and O–H groups in total. The summed E-state index contributed by atoms with van der Waals surface area (Å²) in [7, 11) is 2.04. The number of aromatic nitrogens is 3. The van der Waals surface area contributed by atoms with E-state index in [-0.39, 0.29) is 5.56 Å². The van der Waals surface area contributed by atoms with Crippen molar-refractivity contribution in [1.29, 1.82) is 0 Å². The van der Waals surface area contributed by atoms with E-state index in [0.717, 1.165) is 14.7 Å². The van der Waals surface area contributed by atoms with Gasteiger partial charge in [0.15, 0.2) is 0 Å². The maximum Gasteiger partial charge on any atom is 0.261 e. The highest BCUT2D eigenvalue weighted by molar-refractivity contribution is 14.1. The molecule has 2 heterocycles. The van der Waals surface area contributed by atoms with Crippen molar-refractivity contribution in [3.05, 3.63) is 110 Å². The smallest absolute Gasteiger partial charge is 0.261 e. The van der Waals surface area contributed by atoms with Gasteiger partial charge in [0.25, 0.3) is 5.56 Å². The molecule has 0 aliphatic rings. The quantitative estimate of drug-likeness (QED) is 0.287. The molecule has 152 valence electrons. The van der Waals surface area contributed by atoms with E-state index < -0.39 is 0 Å². The second-order valence-corrected chi connectivity index (χ2v) is 8.80. The Labute approximate surface area is 193 Å². The van der Waals surface area contributed by atoms with E-state index in [1.807, 2.05) is 79.9 Å². The number of rotatable bonds is 4. The predicted octanol–water partition coefficient (Wildman–Crippen LogP) is 5.71. The molecule has 0 aliphatic carbocycles. The first-order valence-corrected chi connectivity index (χ1v) is 11.1. The van der Waals surface area contributed by atoms with Crippen LogP contribution in [-0.4, -0.2) is 14.1 Å². The van der Waals surface area contributed by atoms with E-state index in [1.54, 1.807) is 4.57 Å². The lowest BCUT2D eigenvalue weighted by molar-refractivity contribution is 0.738. The molecule has 2 aromatic heterocycles. The highest BCUT2D eigenvalue weighted by atomic mass is 127. The second kappa shape index (κ2) is 8.15. The molecule has 0 saturated heterocycles. The second-order valence-electron chi connectivity index (χ2n) is 7.55. The lowest BCUT2D eigenvalue weighted by atomic mass is 10.1. The van der Waals surface area contributed by atoms with Crippen LogP contribution >= 0.6 is 22.6 Å². The number of fused-ring (bicyclic) bond motifs is 2. The standard InChI is InChI=1S/C26H20IN3O/c1-29-17-19(21-9-5-6-10-24(21)29)11-14-25-28-23-13-12-20(27)15-22(23)26(31)30(25)16-18-7-3-2-4-8-18/h2-15,17H,16H2,1H3. The summed E-state index contributed by atoms with van der Waals surface area (Å²) in [5.41, 5.74) is 4.03. The maximum atomic E-state index is 13.4. The average molecular weight is 517 g/mol. The lowest BCUT2D eigenvalue weighted by Gasteiger charge is -2.12. The van der Waals surface area contributed by atoms with Gasteiger partial charge in [-0.1, -0.05) is 48.5 Å². The fraction of sp³-hybridized carbons (Fsp3) is 0.0769. The van der Waals surface area contributed by atoms with Crippen LogP contribution in [0.1, 0.15) is 17.0 Å². The topological polar surface area (TPSA) is 39.8 Å². The van der Waals surface area contributed by atoms with Crippen LogP contribution in [0.2, 0.25) is 0 Å². The van der Waals surface area contributed by atoms with Crippen LogP contribution in [0.25, 0.3) is 34.0 Å².